The molecule has 0 rings (SSSR count). The fourth-order valence-corrected chi connectivity index (χ4v) is 4.22. The number of sulfone groups is 1. The molecule has 0 N–H and O–H groups in total. The summed E-state index contributed by atoms with van der Waals surface area (Å²) in [7, 11) is -2.97. The van der Waals surface area contributed by atoms with Crippen LogP contribution in [0.3, 0.4) is 0 Å². The third kappa shape index (κ3) is 6.38. The lowest BCUT2D eigenvalue weighted by Gasteiger charge is -1.99. The number of hydrogen-bond donors (Lipinski definition) is 0. The average Bonchev–Trinajstić information content (AvgIpc) is 1.21. The van der Waals surface area contributed by atoms with Crippen molar-refractivity contribution in [2.24, 2.45) is 0 Å². The van der Waals surface area contributed by atoms with E-state index in [-0.39, 0.29) is 7.92 Å². The van der Waals surface area contributed by atoms with Gasteiger partial charge in [-0.15, -0.1) is 0 Å². The fourth-order valence-electron chi connectivity index (χ4n) is 0.469. The van der Waals surface area contributed by atoms with E-state index in [9.17, 15) is 8.42 Å². The molecule has 4 heteroatoms. The van der Waals surface area contributed by atoms with Crippen LogP contribution in [0, 0.1) is 0 Å². The molecule has 50 valence electrons. The van der Waals surface area contributed by atoms with E-state index >= 15 is 0 Å². The molecule has 0 radical (unpaired) electrons. The lowest BCUT2D eigenvalue weighted by atomic mass is 11.8. The smallest absolute Gasteiger partial charge is 0.151 e. The molecule has 0 saturated carbocycles. The van der Waals surface area contributed by atoms with Crippen LogP contribution in [0.1, 0.15) is 0 Å². The summed E-state index contributed by atoms with van der Waals surface area (Å²) >= 11 is 0. The Hall–Kier alpha value is 0.380. The number of rotatable bonds is 2. The van der Waals surface area contributed by atoms with Crippen molar-refractivity contribution in [2.75, 3.05) is 25.1 Å². The molecule has 0 aliphatic rings. The second-order valence-electron chi connectivity index (χ2n) is 2.13. The van der Waals surface area contributed by atoms with Crippen molar-refractivity contribution in [3.8, 4) is 0 Å². The lowest BCUT2D eigenvalue weighted by Crippen LogP contribution is -1.99. The minimum absolute atomic E-state index is 0.276. The second-order valence-corrected chi connectivity index (χ2v) is 7.18. The van der Waals surface area contributed by atoms with Gasteiger partial charge in [-0.1, -0.05) is 7.92 Å². The van der Waals surface area contributed by atoms with Gasteiger partial charge in [-0.3, -0.25) is 0 Å². The first-order valence-electron chi connectivity index (χ1n) is 2.24. The predicted octanol–water partition coefficient (Wildman–Crippen LogP) is 0.730. The quantitative estimate of drug-likeness (QED) is 0.549. The van der Waals surface area contributed by atoms with Gasteiger partial charge in [0.05, 0.1) is 5.49 Å². The molecule has 0 aromatic heterocycles. The van der Waals surface area contributed by atoms with Gasteiger partial charge in [-0.25, -0.2) is 8.42 Å². The summed E-state index contributed by atoms with van der Waals surface area (Å²) in [4.78, 5) is 0. The molecule has 0 aromatic rings. The molecule has 0 saturated heterocycles. The van der Waals surface area contributed by atoms with Gasteiger partial charge in [0.15, 0.2) is 9.84 Å². The third-order valence-electron chi connectivity index (χ3n) is 0.493. The van der Waals surface area contributed by atoms with E-state index in [0.717, 1.165) is 0 Å². The molecular formula is C4H11O2PS. The van der Waals surface area contributed by atoms with Crippen LogP contribution in [-0.2, 0) is 9.84 Å². The van der Waals surface area contributed by atoms with E-state index in [1.807, 2.05) is 13.3 Å². The molecule has 0 unspecified atom stereocenters. The molecule has 0 amide bonds. The van der Waals surface area contributed by atoms with Gasteiger partial charge < -0.3 is 0 Å². The molecular weight excluding hydrogens is 143 g/mol. The molecule has 0 bridgehead atoms. The predicted molar refractivity (Wildman–Crippen MR) is 38.5 cm³/mol. The van der Waals surface area contributed by atoms with Gasteiger partial charge in [-0.05, 0) is 13.3 Å². The zero-order valence-corrected chi connectivity index (χ0v) is 7.09. The number of hydrogen-bond acceptors (Lipinski definition) is 2. The monoisotopic (exact) mass is 154 g/mol. The lowest BCUT2D eigenvalue weighted by molar-refractivity contribution is 0.606. The molecule has 0 aromatic carbocycles. The molecule has 0 spiro atoms. The van der Waals surface area contributed by atoms with E-state index in [1.54, 1.807) is 0 Å². The van der Waals surface area contributed by atoms with Crippen molar-refractivity contribution in [1.82, 2.24) is 0 Å². The minimum atomic E-state index is -2.69. The van der Waals surface area contributed by atoms with Gasteiger partial charge >= 0.3 is 0 Å². The SMILES string of the molecule is CP(C)CS(C)(=O)=O. The summed E-state index contributed by atoms with van der Waals surface area (Å²) in [5.74, 6) is 0. The van der Waals surface area contributed by atoms with E-state index in [1.165, 1.54) is 6.26 Å². The topological polar surface area (TPSA) is 34.1 Å². The van der Waals surface area contributed by atoms with Crippen molar-refractivity contribution < 1.29 is 8.42 Å². The van der Waals surface area contributed by atoms with E-state index < -0.39 is 9.84 Å². The summed E-state index contributed by atoms with van der Waals surface area (Å²) in [6.07, 6.45) is 1.27. The molecule has 0 fully saturated rings. The van der Waals surface area contributed by atoms with Gasteiger partial charge in [0.25, 0.3) is 0 Å². The van der Waals surface area contributed by atoms with Gasteiger partial charge in [0.2, 0.25) is 0 Å². The van der Waals surface area contributed by atoms with Crippen LogP contribution in [0.2, 0.25) is 0 Å². The highest BCUT2D eigenvalue weighted by atomic mass is 32.2. The van der Waals surface area contributed by atoms with Crippen LogP contribution in [0.15, 0.2) is 0 Å². The Morgan fingerprint density at radius 2 is 1.75 bits per heavy atom. The molecule has 0 aliphatic heterocycles. The summed E-state index contributed by atoms with van der Waals surface area (Å²) in [5.41, 5.74) is 0.363. The van der Waals surface area contributed by atoms with E-state index in [0.29, 0.717) is 5.49 Å². The summed E-state index contributed by atoms with van der Waals surface area (Å²) in [5, 5.41) is 0. The van der Waals surface area contributed by atoms with Crippen molar-refractivity contribution in [1.29, 1.82) is 0 Å². The second kappa shape index (κ2) is 2.79. The average molecular weight is 154 g/mol. The molecule has 0 aliphatic carbocycles. The zero-order chi connectivity index (χ0) is 6.78. The maximum Gasteiger partial charge on any atom is 0.151 e. The maximum absolute atomic E-state index is 10.5. The highest BCUT2D eigenvalue weighted by Gasteiger charge is 2.03. The zero-order valence-electron chi connectivity index (χ0n) is 5.38. The Morgan fingerprint density at radius 3 is 1.75 bits per heavy atom. The van der Waals surface area contributed by atoms with Crippen LogP contribution in [0.25, 0.3) is 0 Å². The highest BCUT2D eigenvalue weighted by Crippen LogP contribution is 2.25. The fraction of sp³-hybridized carbons (Fsp3) is 1.00. The van der Waals surface area contributed by atoms with Crippen LogP contribution in [-0.4, -0.2) is 33.5 Å². The maximum atomic E-state index is 10.5. The van der Waals surface area contributed by atoms with Crippen LogP contribution < -0.4 is 0 Å². The van der Waals surface area contributed by atoms with Crippen molar-refractivity contribution in [3.05, 3.63) is 0 Å². The highest BCUT2D eigenvalue weighted by molar-refractivity contribution is 7.97. The largest absolute Gasteiger partial charge is 0.229 e. The molecule has 0 atom stereocenters. The molecule has 0 heterocycles. The summed E-state index contributed by atoms with van der Waals surface area (Å²) in [6, 6.07) is 0. The first-order chi connectivity index (χ1) is 3.42. The Kier molecular flexibility index (Phi) is 2.92. The molecule has 2 nitrogen and oxygen atoms in total. The van der Waals surface area contributed by atoms with E-state index in [4.69, 9.17) is 0 Å². The third-order valence-corrected chi connectivity index (χ3v) is 4.43. The Labute approximate surface area is 52.0 Å². The summed E-state index contributed by atoms with van der Waals surface area (Å²) in [6.45, 7) is 3.91. The molecule has 8 heavy (non-hydrogen) atoms. The minimum Gasteiger partial charge on any atom is -0.229 e. The van der Waals surface area contributed by atoms with Crippen molar-refractivity contribution in [2.45, 2.75) is 0 Å². The Morgan fingerprint density at radius 1 is 1.38 bits per heavy atom. The standard InChI is InChI=1S/C4H11O2PS/c1-7(2)4-8(3,5)6/h4H2,1-3H3. The Balaban J connectivity index is 3.75. The van der Waals surface area contributed by atoms with Gasteiger partial charge in [0, 0.05) is 6.26 Å². The first kappa shape index (κ1) is 8.38. The van der Waals surface area contributed by atoms with Crippen molar-refractivity contribution >= 4 is 17.8 Å². The van der Waals surface area contributed by atoms with Crippen LogP contribution in [0.4, 0.5) is 0 Å². The van der Waals surface area contributed by atoms with E-state index in [2.05, 4.69) is 0 Å². The van der Waals surface area contributed by atoms with Crippen LogP contribution in [0.5, 0.6) is 0 Å². The van der Waals surface area contributed by atoms with Crippen LogP contribution >= 0.6 is 7.92 Å². The van der Waals surface area contributed by atoms with Gasteiger partial charge in [-0.2, -0.15) is 0 Å². The Bertz CT molecular complexity index is 147. The first-order valence-corrected chi connectivity index (χ1v) is 6.72. The summed E-state index contributed by atoms with van der Waals surface area (Å²) < 4.78 is 20.9. The van der Waals surface area contributed by atoms with Crippen molar-refractivity contribution in [3.63, 3.8) is 0 Å². The van der Waals surface area contributed by atoms with Gasteiger partial charge in [0.1, 0.15) is 0 Å². The normalized spacial score (nSPS) is 12.5.